The summed E-state index contributed by atoms with van der Waals surface area (Å²) in [7, 11) is 0. The van der Waals surface area contributed by atoms with Crippen molar-refractivity contribution in [1.29, 1.82) is 0 Å². The molecule has 0 amide bonds. The van der Waals surface area contributed by atoms with E-state index >= 15 is 0 Å². The summed E-state index contributed by atoms with van der Waals surface area (Å²) in [4.78, 5) is 21.7. The summed E-state index contributed by atoms with van der Waals surface area (Å²) in [6.07, 6.45) is -0.751. The molecule has 19 heavy (non-hydrogen) atoms. The number of aliphatic carboxylic acids is 2. The maximum absolute atomic E-state index is 11.0. The molecule has 0 aromatic heterocycles. The second-order valence-corrected chi connectivity index (χ2v) is 6.48. The number of carbonyl (C=O) groups is 2. The summed E-state index contributed by atoms with van der Waals surface area (Å²) in [5.74, 6) is -2.39. The van der Waals surface area contributed by atoms with Crippen molar-refractivity contribution in [3.63, 3.8) is 0 Å². The lowest BCUT2D eigenvalue weighted by Gasteiger charge is -2.46. The third kappa shape index (κ3) is 5.16. The van der Waals surface area contributed by atoms with Gasteiger partial charge >= 0.3 is 11.9 Å². The van der Waals surface area contributed by atoms with Gasteiger partial charge in [-0.2, -0.15) is 0 Å². The second-order valence-electron chi connectivity index (χ2n) is 6.48. The molecular formula is C13H23NO5. The van der Waals surface area contributed by atoms with Gasteiger partial charge in [-0.1, -0.05) is 0 Å². The van der Waals surface area contributed by atoms with Gasteiger partial charge in [0.2, 0.25) is 0 Å². The Hall–Kier alpha value is -1.14. The van der Waals surface area contributed by atoms with Gasteiger partial charge in [-0.15, -0.1) is 0 Å². The first-order chi connectivity index (χ1) is 8.51. The lowest BCUT2D eigenvalue weighted by Crippen LogP contribution is -2.60. The molecule has 0 aliphatic carbocycles. The molecule has 0 spiro atoms. The fourth-order valence-corrected chi connectivity index (χ4v) is 2.91. The molecule has 1 saturated heterocycles. The monoisotopic (exact) mass is 273 g/mol. The molecule has 1 aliphatic rings. The minimum Gasteiger partial charge on any atom is -0.481 e. The molecule has 0 aromatic carbocycles. The Balaban J connectivity index is 2.73. The molecule has 1 unspecified atom stereocenters. The van der Waals surface area contributed by atoms with Gasteiger partial charge in [0, 0.05) is 11.1 Å². The first-order valence-electron chi connectivity index (χ1n) is 6.40. The summed E-state index contributed by atoms with van der Waals surface area (Å²) in [5, 5.41) is 21.2. The van der Waals surface area contributed by atoms with E-state index in [0.717, 1.165) is 0 Å². The molecule has 0 aromatic rings. The van der Waals surface area contributed by atoms with Gasteiger partial charge < -0.3 is 20.3 Å². The lowest BCUT2D eigenvalue weighted by atomic mass is 9.81. The fraction of sp³-hybridized carbons (Fsp3) is 0.846. The number of rotatable bonds is 5. The topological polar surface area (TPSA) is 95.9 Å². The van der Waals surface area contributed by atoms with Crippen LogP contribution >= 0.6 is 0 Å². The molecule has 6 heteroatoms. The van der Waals surface area contributed by atoms with Gasteiger partial charge in [-0.3, -0.25) is 4.79 Å². The van der Waals surface area contributed by atoms with E-state index in [0.29, 0.717) is 12.8 Å². The molecule has 1 fully saturated rings. The third-order valence-corrected chi connectivity index (χ3v) is 3.14. The second kappa shape index (κ2) is 5.46. The molecule has 1 atom stereocenters. The molecule has 0 bridgehead atoms. The van der Waals surface area contributed by atoms with Crippen molar-refractivity contribution < 1.29 is 24.5 Å². The van der Waals surface area contributed by atoms with Gasteiger partial charge in [0.05, 0.1) is 12.5 Å². The van der Waals surface area contributed by atoms with Crippen molar-refractivity contribution in [3.8, 4) is 0 Å². The van der Waals surface area contributed by atoms with Crippen LogP contribution in [0.3, 0.4) is 0 Å². The van der Waals surface area contributed by atoms with Crippen LogP contribution in [0.4, 0.5) is 0 Å². The largest absolute Gasteiger partial charge is 0.481 e. The highest BCUT2D eigenvalue weighted by Crippen LogP contribution is 2.31. The van der Waals surface area contributed by atoms with Crippen LogP contribution in [0, 0.1) is 0 Å². The number of carboxylic acids is 2. The maximum Gasteiger partial charge on any atom is 0.333 e. The quantitative estimate of drug-likeness (QED) is 0.697. The van der Waals surface area contributed by atoms with Crippen LogP contribution in [0.15, 0.2) is 0 Å². The Bertz CT molecular complexity index is 348. The van der Waals surface area contributed by atoms with Crippen LogP contribution in [0.5, 0.6) is 0 Å². The average molecular weight is 273 g/mol. The van der Waals surface area contributed by atoms with Gasteiger partial charge in [-0.05, 0) is 40.5 Å². The van der Waals surface area contributed by atoms with Gasteiger partial charge in [0.25, 0.3) is 0 Å². The fourth-order valence-electron chi connectivity index (χ4n) is 2.91. The van der Waals surface area contributed by atoms with Gasteiger partial charge in [0.1, 0.15) is 0 Å². The summed E-state index contributed by atoms with van der Waals surface area (Å²) >= 11 is 0. The predicted molar refractivity (Wildman–Crippen MR) is 69.1 cm³/mol. The Labute approximate surface area is 113 Å². The summed E-state index contributed by atoms with van der Waals surface area (Å²) in [6.45, 7) is 8.10. The molecular weight excluding hydrogens is 250 g/mol. The van der Waals surface area contributed by atoms with Crippen molar-refractivity contribution >= 4 is 11.9 Å². The molecule has 0 saturated carbocycles. The van der Waals surface area contributed by atoms with E-state index in [9.17, 15) is 9.59 Å². The van der Waals surface area contributed by atoms with E-state index < -0.39 is 24.5 Å². The van der Waals surface area contributed by atoms with Gasteiger partial charge in [-0.25, -0.2) is 4.79 Å². The predicted octanol–water partition coefficient (Wildman–Crippen LogP) is 1.24. The molecule has 6 nitrogen and oxygen atoms in total. The highest BCUT2D eigenvalue weighted by Gasteiger charge is 2.40. The minimum absolute atomic E-state index is 0.168. The van der Waals surface area contributed by atoms with Crippen molar-refractivity contribution in [1.82, 2.24) is 5.32 Å². The third-order valence-electron chi connectivity index (χ3n) is 3.14. The zero-order valence-corrected chi connectivity index (χ0v) is 11.9. The van der Waals surface area contributed by atoms with Crippen molar-refractivity contribution in [2.75, 3.05) is 0 Å². The number of piperidine rings is 1. The molecule has 3 N–H and O–H groups in total. The smallest absolute Gasteiger partial charge is 0.333 e. The molecule has 1 aliphatic heterocycles. The highest BCUT2D eigenvalue weighted by molar-refractivity contribution is 5.79. The van der Waals surface area contributed by atoms with E-state index in [1.807, 2.05) is 27.7 Å². The standard InChI is InChI=1S/C13H23NO5/c1-12(2)6-8(7-13(3,4)14-12)19-9(11(17)18)5-10(15)16/h8-9,14H,5-7H2,1-4H3,(H,15,16)(H,17,18). The molecule has 1 rings (SSSR count). The maximum atomic E-state index is 11.0. The zero-order valence-electron chi connectivity index (χ0n) is 11.9. The van der Waals surface area contributed by atoms with Crippen LogP contribution in [-0.4, -0.2) is 45.4 Å². The first-order valence-corrected chi connectivity index (χ1v) is 6.40. The molecule has 0 radical (unpaired) electrons. The van der Waals surface area contributed by atoms with Crippen LogP contribution in [0.25, 0.3) is 0 Å². The number of ether oxygens (including phenoxy) is 1. The Morgan fingerprint density at radius 1 is 1.21 bits per heavy atom. The molecule has 110 valence electrons. The van der Waals surface area contributed by atoms with Crippen LogP contribution in [0.2, 0.25) is 0 Å². The average Bonchev–Trinajstić information content (AvgIpc) is 2.09. The van der Waals surface area contributed by atoms with E-state index in [1.54, 1.807) is 0 Å². The normalized spacial score (nSPS) is 23.8. The van der Waals surface area contributed by atoms with Crippen molar-refractivity contribution in [2.45, 2.75) is 70.2 Å². The summed E-state index contributed by atoms with van der Waals surface area (Å²) < 4.78 is 5.51. The number of carboxylic acid groups (broad SMARTS) is 2. The Morgan fingerprint density at radius 3 is 2.05 bits per heavy atom. The minimum atomic E-state index is -1.29. The number of hydrogen-bond acceptors (Lipinski definition) is 4. The summed E-state index contributed by atoms with van der Waals surface area (Å²) in [6, 6.07) is 0. The number of hydrogen-bond donors (Lipinski definition) is 3. The number of nitrogens with one attached hydrogen (secondary N) is 1. The van der Waals surface area contributed by atoms with Crippen molar-refractivity contribution in [3.05, 3.63) is 0 Å². The van der Waals surface area contributed by atoms with E-state index in [-0.39, 0.29) is 17.2 Å². The lowest BCUT2D eigenvalue weighted by molar-refractivity contribution is -0.164. The van der Waals surface area contributed by atoms with E-state index in [1.165, 1.54) is 0 Å². The Kier molecular flexibility index (Phi) is 4.58. The highest BCUT2D eigenvalue weighted by atomic mass is 16.5. The van der Waals surface area contributed by atoms with Crippen LogP contribution in [-0.2, 0) is 14.3 Å². The van der Waals surface area contributed by atoms with Crippen molar-refractivity contribution in [2.24, 2.45) is 0 Å². The van der Waals surface area contributed by atoms with Gasteiger partial charge in [0.15, 0.2) is 6.10 Å². The summed E-state index contributed by atoms with van der Waals surface area (Å²) in [5.41, 5.74) is -0.336. The van der Waals surface area contributed by atoms with Crippen LogP contribution in [0.1, 0.15) is 47.0 Å². The zero-order chi connectivity index (χ0) is 14.8. The van der Waals surface area contributed by atoms with E-state index in [4.69, 9.17) is 14.9 Å². The molecule has 1 heterocycles. The first kappa shape index (κ1) is 15.9. The van der Waals surface area contributed by atoms with Crippen LogP contribution < -0.4 is 5.32 Å². The Morgan fingerprint density at radius 2 is 1.68 bits per heavy atom. The SMILES string of the molecule is CC1(C)CC(OC(CC(=O)O)C(=O)O)CC(C)(C)N1. The van der Waals surface area contributed by atoms with E-state index in [2.05, 4.69) is 5.32 Å².